The van der Waals surface area contributed by atoms with E-state index < -0.39 is 34.7 Å². The molecule has 0 bridgehead atoms. The SMILES string of the molecule is CC1Cc2cnc(OCc3cc(-c4ccc(O)c(F)c4)c(C(F)(F)F)cc3F)cc2C1. The van der Waals surface area contributed by atoms with Crippen LogP contribution in [-0.4, -0.2) is 10.1 Å². The predicted octanol–water partition coefficient (Wildman–Crippen LogP) is 6.06. The molecule has 0 radical (unpaired) electrons. The Morgan fingerprint density at radius 3 is 2.48 bits per heavy atom. The van der Waals surface area contributed by atoms with Crippen LogP contribution in [0, 0.1) is 17.6 Å². The van der Waals surface area contributed by atoms with E-state index in [0.29, 0.717) is 12.0 Å². The van der Waals surface area contributed by atoms with E-state index >= 15 is 0 Å². The van der Waals surface area contributed by atoms with Gasteiger partial charge in [-0.2, -0.15) is 13.2 Å². The lowest BCUT2D eigenvalue weighted by molar-refractivity contribution is -0.137. The van der Waals surface area contributed by atoms with E-state index in [1.54, 1.807) is 12.3 Å². The van der Waals surface area contributed by atoms with Crippen molar-refractivity contribution in [3.05, 3.63) is 76.5 Å². The van der Waals surface area contributed by atoms with E-state index in [9.17, 15) is 27.1 Å². The van der Waals surface area contributed by atoms with Gasteiger partial charge in [-0.25, -0.2) is 13.8 Å². The van der Waals surface area contributed by atoms with E-state index in [1.165, 1.54) is 0 Å². The summed E-state index contributed by atoms with van der Waals surface area (Å²) in [7, 11) is 0. The lowest BCUT2D eigenvalue weighted by Crippen LogP contribution is -2.10. The van der Waals surface area contributed by atoms with Gasteiger partial charge in [0.05, 0.1) is 5.56 Å². The van der Waals surface area contributed by atoms with Crippen molar-refractivity contribution >= 4 is 0 Å². The molecule has 1 atom stereocenters. The molecular weight excluding hydrogens is 417 g/mol. The van der Waals surface area contributed by atoms with Crippen LogP contribution in [0.5, 0.6) is 11.6 Å². The number of rotatable bonds is 4. The standard InChI is InChI=1S/C23H18F5NO2/c1-12-4-14-8-22(29-10-15(14)5-12)31-11-16-6-17(13-2-3-21(30)20(25)7-13)18(9-19(16)24)23(26,27)28/h2-3,6-10,12,30H,4-5,11H2,1H3. The van der Waals surface area contributed by atoms with Gasteiger partial charge in [-0.3, -0.25) is 0 Å². The Morgan fingerprint density at radius 1 is 1.03 bits per heavy atom. The van der Waals surface area contributed by atoms with Gasteiger partial charge in [0.25, 0.3) is 0 Å². The smallest absolute Gasteiger partial charge is 0.417 e. The summed E-state index contributed by atoms with van der Waals surface area (Å²) in [6, 6.07) is 5.97. The fraction of sp³-hybridized carbons (Fsp3) is 0.261. The highest BCUT2D eigenvalue weighted by molar-refractivity contribution is 5.70. The maximum absolute atomic E-state index is 14.5. The molecule has 162 valence electrons. The third-order valence-electron chi connectivity index (χ3n) is 5.32. The molecule has 1 unspecified atom stereocenters. The van der Waals surface area contributed by atoms with Gasteiger partial charge in [0.1, 0.15) is 12.4 Å². The molecule has 2 aromatic carbocycles. The molecule has 0 spiro atoms. The molecule has 1 aliphatic rings. The van der Waals surface area contributed by atoms with Crippen molar-refractivity contribution in [2.24, 2.45) is 5.92 Å². The van der Waals surface area contributed by atoms with E-state index in [2.05, 4.69) is 11.9 Å². The van der Waals surface area contributed by atoms with Crippen molar-refractivity contribution in [1.82, 2.24) is 4.98 Å². The average molecular weight is 435 g/mol. The number of phenolic OH excluding ortho intramolecular Hbond substituents is 1. The Hall–Kier alpha value is -3.16. The van der Waals surface area contributed by atoms with Crippen molar-refractivity contribution in [2.75, 3.05) is 0 Å². The average Bonchev–Trinajstić information content (AvgIpc) is 3.07. The Morgan fingerprint density at radius 2 is 1.77 bits per heavy atom. The second kappa shape index (κ2) is 7.83. The normalized spacial score (nSPS) is 15.7. The van der Waals surface area contributed by atoms with Crippen LogP contribution in [-0.2, 0) is 25.6 Å². The summed E-state index contributed by atoms with van der Waals surface area (Å²) >= 11 is 0. The topological polar surface area (TPSA) is 42.4 Å². The van der Waals surface area contributed by atoms with Crippen LogP contribution in [0.4, 0.5) is 22.0 Å². The van der Waals surface area contributed by atoms with E-state index in [1.807, 2.05) is 0 Å². The highest BCUT2D eigenvalue weighted by Crippen LogP contribution is 2.39. The van der Waals surface area contributed by atoms with Crippen molar-refractivity contribution < 1.29 is 31.8 Å². The quantitative estimate of drug-likeness (QED) is 0.506. The number of aromatic hydroxyl groups is 1. The Balaban J connectivity index is 1.67. The molecule has 0 saturated heterocycles. The molecule has 0 saturated carbocycles. The minimum atomic E-state index is -4.86. The van der Waals surface area contributed by atoms with Gasteiger partial charge in [-0.05, 0) is 65.3 Å². The van der Waals surface area contributed by atoms with Gasteiger partial charge < -0.3 is 9.84 Å². The molecule has 4 rings (SSSR count). The van der Waals surface area contributed by atoms with Crippen molar-refractivity contribution in [2.45, 2.75) is 32.5 Å². The molecule has 1 aromatic heterocycles. The fourth-order valence-electron chi connectivity index (χ4n) is 3.81. The number of pyridine rings is 1. The summed E-state index contributed by atoms with van der Waals surface area (Å²) in [6.07, 6.45) is -1.37. The molecular formula is C23H18F5NO2. The van der Waals surface area contributed by atoms with Crippen LogP contribution in [0.1, 0.15) is 29.2 Å². The molecule has 0 fully saturated rings. The zero-order valence-corrected chi connectivity index (χ0v) is 16.4. The van der Waals surface area contributed by atoms with Crippen LogP contribution in [0.25, 0.3) is 11.1 Å². The maximum Gasteiger partial charge on any atom is 0.417 e. The van der Waals surface area contributed by atoms with E-state index in [4.69, 9.17) is 4.74 Å². The maximum atomic E-state index is 14.5. The zero-order chi connectivity index (χ0) is 22.3. The van der Waals surface area contributed by atoms with Crippen molar-refractivity contribution in [3.8, 4) is 22.8 Å². The van der Waals surface area contributed by atoms with Gasteiger partial charge in [-0.15, -0.1) is 0 Å². The lowest BCUT2D eigenvalue weighted by atomic mass is 9.96. The Labute approximate surface area is 175 Å². The number of halogens is 5. The monoisotopic (exact) mass is 435 g/mol. The third-order valence-corrected chi connectivity index (χ3v) is 5.32. The molecule has 1 N–H and O–H groups in total. The number of hydrogen-bond donors (Lipinski definition) is 1. The molecule has 1 heterocycles. The number of fused-ring (bicyclic) bond motifs is 1. The summed E-state index contributed by atoms with van der Waals surface area (Å²) in [5.41, 5.74) is 0.272. The molecule has 1 aliphatic carbocycles. The molecule has 3 aromatic rings. The van der Waals surface area contributed by atoms with Crippen LogP contribution in [0.2, 0.25) is 0 Å². The molecule has 0 amide bonds. The Kier molecular flexibility index (Phi) is 5.33. The van der Waals surface area contributed by atoms with Gasteiger partial charge in [0.15, 0.2) is 11.6 Å². The van der Waals surface area contributed by atoms with Gasteiger partial charge >= 0.3 is 6.18 Å². The number of ether oxygens (including phenoxy) is 1. The fourth-order valence-corrected chi connectivity index (χ4v) is 3.81. The van der Waals surface area contributed by atoms with Crippen LogP contribution in [0.15, 0.2) is 42.6 Å². The number of nitrogens with zero attached hydrogens (tertiary/aromatic N) is 1. The zero-order valence-electron chi connectivity index (χ0n) is 16.4. The first-order chi connectivity index (χ1) is 14.6. The van der Waals surface area contributed by atoms with E-state index in [-0.39, 0.29) is 23.6 Å². The molecule has 0 aliphatic heterocycles. The van der Waals surface area contributed by atoms with E-state index in [0.717, 1.165) is 48.2 Å². The van der Waals surface area contributed by atoms with Crippen LogP contribution in [0.3, 0.4) is 0 Å². The van der Waals surface area contributed by atoms with Crippen molar-refractivity contribution in [1.29, 1.82) is 0 Å². The number of alkyl halides is 3. The first-order valence-corrected chi connectivity index (χ1v) is 9.61. The van der Waals surface area contributed by atoms with Gasteiger partial charge in [0.2, 0.25) is 5.88 Å². The summed E-state index contributed by atoms with van der Waals surface area (Å²) in [5.74, 6) is -2.12. The number of benzene rings is 2. The summed E-state index contributed by atoms with van der Waals surface area (Å²) < 4.78 is 74.2. The lowest BCUT2D eigenvalue weighted by Gasteiger charge is -2.16. The minimum absolute atomic E-state index is 0.132. The third kappa shape index (κ3) is 4.33. The minimum Gasteiger partial charge on any atom is -0.505 e. The second-order valence-corrected chi connectivity index (χ2v) is 7.75. The van der Waals surface area contributed by atoms with Gasteiger partial charge in [0, 0.05) is 17.8 Å². The predicted molar refractivity (Wildman–Crippen MR) is 104 cm³/mol. The molecule has 8 heteroatoms. The van der Waals surface area contributed by atoms with Crippen LogP contribution >= 0.6 is 0 Å². The molecule has 31 heavy (non-hydrogen) atoms. The summed E-state index contributed by atoms with van der Waals surface area (Å²) in [6.45, 7) is 1.77. The van der Waals surface area contributed by atoms with Crippen LogP contribution < -0.4 is 4.74 Å². The summed E-state index contributed by atoms with van der Waals surface area (Å²) in [4.78, 5) is 4.19. The first-order valence-electron chi connectivity index (χ1n) is 9.61. The summed E-state index contributed by atoms with van der Waals surface area (Å²) in [5, 5.41) is 9.33. The molecule has 3 nitrogen and oxygen atoms in total. The van der Waals surface area contributed by atoms with Gasteiger partial charge in [-0.1, -0.05) is 13.0 Å². The highest BCUT2D eigenvalue weighted by atomic mass is 19.4. The highest BCUT2D eigenvalue weighted by Gasteiger charge is 2.35. The Bertz CT molecular complexity index is 1140. The number of phenols is 1. The second-order valence-electron chi connectivity index (χ2n) is 7.75. The number of hydrogen-bond acceptors (Lipinski definition) is 3. The largest absolute Gasteiger partial charge is 0.505 e. The van der Waals surface area contributed by atoms with Crippen molar-refractivity contribution in [3.63, 3.8) is 0 Å². The number of aromatic nitrogens is 1. The first kappa shape index (κ1) is 21.1.